The zero-order chi connectivity index (χ0) is 69.8. The van der Waals surface area contributed by atoms with Gasteiger partial charge in [0.05, 0.1) is 22.1 Å². The maximum absolute atomic E-state index is 2.53. The normalized spacial score (nSPS) is 12.5. The highest BCUT2D eigenvalue weighted by Gasteiger charge is 2.40. The van der Waals surface area contributed by atoms with Crippen molar-refractivity contribution >= 4 is 135 Å². The van der Waals surface area contributed by atoms with Gasteiger partial charge >= 0.3 is 0 Å². The van der Waals surface area contributed by atoms with Crippen LogP contribution in [0.15, 0.2) is 400 Å². The van der Waals surface area contributed by atoms with E-state index in [0.29, 0.717) is 0 Å². The second-order valence-electron chi connectivity index (χ2n) is 28.2. The number of para-hydroxylation sites is 7. The summed E-state index contributed by atoms with van der Waals surface area (Å²) in [7, 11) is 0. The van der Waals surface area contributed by atoms with Crippen molar-refractivity contribution in [2.45, 2.75) is 0 Å². The van der Waals surface area contributed by atoms with Gasteiger partial charge in [0, 0.05) is 67.0 Å². The van der Waals surface area contributed by atoms with E-state index in [0.717, 1.165) is 73.3 Å². The lowest BCUT2D eigenvalue weighted by atomic mass is 9.33. The van der Waals surface area contributed by atoms with E-state index in [-0.39, 0.29) is 13.4 Å². The number of aromatic nitrogens is 2. The SMILES string of the molecule is c1ccc(-c2cc(-c3ccccc3)c(B3c4ccccc4N(c4ccc(-c5ccc(-n6c7ccccc7c7ccccc76)cc5)cc4)c4ccccc43)c(-c3cccc(-c4ccc5c(c4)N(c4cccc(-n6c7ccccc7c7ccccc76)c4)c4ccccc4B5c4cccc5ccccc45)c3)c2)cc1. The van der Waals surface area contributed by atoms with Crippen LogP contribution in [-0.4, -0.2) is 22.6 Å². The lowest BCUT2D eigenvalue weighted by molar-refractivity contribution is 1.17. The van der Waals surface area contributed by atoms with Crippen LogP contribution in [0.4, 0.5) is 34.1 Å². The van der Waals surface area contributed by atoms with Crippen LogP contribution < -0.4 is 42.6 Å². The average molecular weight is 1350 g/mol. The number of fused-ring (bicyclic) bond motifs is 11. The van der Waals surface area contributed by atoms with Gasteiger partial charge in [-0.3, -0.25) is 0 Å². The van der Waals surface area contributed by atoms with Gasteiger partial charge in [-0.05, 0) is 197 Å². The van der Waals surface area contributed by atoms with Crippen molar-refractivity contribution < 1.29 is 0 Å². The van der Waals surface area contributed by atoms with Gasteiger partial charge in [0.1, 0.15) is 0 Å². The molecule has 6 heteroatoms. The minimum absolute atomic E-state index is 0.0478. The second kappa shape index (κ2) is 25.1. The summed E-state index contributed by atoms with van der Waals surface area (Å²) in [6.07, 6.45) is 0. The van der Waals surface area contributed by atoms with Crippen LogP contribution in [0.5, 0.6) is 0 Å². The lowest BCUT2D eigenvalue weighted by Crippen LogP contribution is -2.58. The number of benzene rings is 17. The molecule has 0 aliphatic carbocycles. The van der Waals surface area contributed by atoms with Crippen molar-refractivity contribution in [2.24, 2.45) is 0 Å². The highest BCUT2D eigenvalue weighted by molar-refractivity contribution is 7.00. The Labute approximate surface area is 617 Å². The van der Waals surface area contributed by atoms with E-state index in [1.807, 2.05) is 0 Å². The summed E-state index contributed by atoms with van der Waals surface area (Å²) in [5, 5.41) is 7.50. The third kappa shape index (κ3) is 9.94. The molecule has 17 aromatic carbocycles. The summed E-state index contributed by atoms with van der Waals surface area (Å²) in [4.78, 5) is 5.02. The molecule has 0 saturated heterocycles. The van der Waals surface area contributed by atoms with E-state index >= 15 is 0 Å². The fourth-order valence-corrected chi connectivity index (χ4v) is 17.8. The third-order valence-electron chi connectivity index (χ3n) is 22.4. The minimum Gasteiger partial charge on any atom is -0.312 e. The molecule has 0 atom stereocenters. The summed E-state index contributed by atoms with van der Waals surface area (Å²) in [6, 6.07) is 149. The number of rotatable bonds is 11. The molecule has 19 aromatic rings. The Morgan fingerprint density at radius 2 is 0.557 bits per heavy atom. The molecule has 4 heterocycles. The van der Waals surface area contributed by atoms with E-state index in [9.17, 15) is 0 Å². The van der Waals surface area contributed by atoms with Gasteiger partial charge in [0.2, 0.25) is 13.4 Å². The van der Waals surface area contributed by atoms with Gasteiger partial charge in [-0.25, -0.2) is 0 Å². The molecule has 0 fully saturated rings. The molecule has 2 aromatic heterocycles. The first-order chi connectivity index (χ1) is 52.6. The summed E-state index contributed by atoms with van der Waals surface area (Å²) < 4.78 is 4.82. The Morgan fingerprint density at radius 3 is 1.15 bits per heavy atom. The Balaban J connectivity index is 0.717. The highest BCUT2D eigenvalue weighted by Crippen LogP contribution is 2.44. The molecule has 21 rings (SSSR count). The molecule has 2 aliphatic heterocycles. The van der Waals surface area contributed by atoms with Crippen molar-refractivity contribution in [3.63, 3.8) is 0 Å². The second-order valence-corrected chi connectivity index (χ2v) is 28.2. The standard InChI is InChI=1S/C100H66B2N4/c1-3-26-67(27-4-1)75-63-85(71-28-5-2-6-29-71)100(102-89-42-14-21-50-97(89)104(98-51-22-15-43-90(98)102)77-59-54-69(55-60-77)68-52-57-76(58-53-68)103-92-45-16-9-37-81(92)82-38-10-17-46-93(82)103)86(64-75)74-33-23-32-72(62-74)73-56-61-91-99(65-73)106(96-49-20-13-41-88(96)101(91)87-44-24-31-70-30-7-8-36-80(70)87)79-35-25-34-78(66-79)105-94-47-18-11-39-83(94)84-40-12-19-48-95(84)105/h1-66H. The quantitative estimate of drug-likeness (QED) is 0.120. The Kier molecular flexibility index (Phi) is 14.4. The summed E-state index contributed by atoms with van der Waals surface area (Å²) in [5.74, 6) is 0. The van der Waals surface area contributed by atoms with Crippen LogP contribution in [0.25, 0.3) is 121 Å². The largest absolute Gasteiger partial charge is 0.312 e. The zero-order valence-corrected chi connectivity index (χ0v) is 58.0. The Bertz CT molecular complexity index is 6510. The van der Waals surface area contributed by atoms with Crippen molar-refractivity contribution in [1.29, 1.82) is 0 Å². The van der Waals surface area contributed by atoms with Crippen molar-refractivity contribution in [3.05, 3.63) is 400 Å². The van der Waals surface area contributed by atoms with Crippen LogP contribution in [0, 0.1) is 0 Å². The number of anilines is 6. The summed E-state index contributed by atoms with van der Waals surface area (Å²) >= 11 is 0. The van der Waals surface area contributed by atoms with Gasteiger partial charge in [0.15, 0.2) is 0 Å². The van der Waals surface area contributed by atoms with Crippen LogP contribution in [0.3, 0.4) is 0 Å². The topological polar surface area (TPSA) is 16.3 Å². The fraction of sp³-hybridized carbons (Fsp3) is 0. The third-order valence-corrected chi connectivity index (χ3v) is 22.4. The number of hydrogen-bond acceptors (Lipinski definition) is 2. The van der Waals surface area contributed by atoms with Crippen LogP contribution in [0.2, 0.25) is 0 Å². The van der Waals surface area contributed by atoms with Gasteiger partial charge in [-0.2, -0.15) is 0 Å². The van der Waals surface area contributed by atoms with Crippen molar-refractivity contribution in [3.8, 4) is 67.0 Å². The zero-order valence-electron chi connectivity index (χ0n) is 58.0. The van der Waals surface area contributed by atoms with E-state index in [4.69, 9.17) is 0 Å². The maximum Gasteiger partial charge on any atom is 0.248 e. The molecule has 0 unspecified atom stereocenters. The molecule has 0 spiro atoms. The molecule has 0 radical (unpaired) electrons. The molecule has 0 saturated carbocycles. The van der Waals surface area contributed by atoms with Gasteiger partial charge in [-0.15, -0.1) is 0 Å². The molecule has 4 nitrogen and oxygen atoms in total. The molecule has 0 bridgehead atoms. The summed E-state index contributed by atoms with van der Waals surface area (Å²) in [5.41, 5.74) is 33.0. The summed E-state index contributed by atoms with van der Waals surface area (Å²) in [6.45, 7) is -0.218. The maximum atomic E-state index is 2.53. The Hall–Kier alpha value is -13.7. The molecular weight excluding hydrogens is 1280 g/mol. The van der Waals surface area contributed by atoms with E-state index in [1.54, 1.807) is 0 Å². The van der Waals surface area contributed by atoms with Crippen LogP contribution in [-0.2, 0) is 0 Å². The lowest BCUT2D eigenvalue weighted by Gasteiger charge is -2.38. The first-order valence-corrected chi connectivity index (χ1v) is 36.8. The molecule has 0 amide bonds. The molecule has 492 valence electrons. The smallest absolute Gasteiger partial charge is 0.248 e. The molecular formula is C100H66B2N4. The monoisotopic (exact) mass is 1340 g/mol. The van der Waals surface area contributed by atoms with E-state index < -0.39 is 0 Å². The average Bonchev–Trinajstić information content (AvgIpc) is 1.08. The molecule has 2 aliphatic rings. The van der Waals surface area contributed by atoms with Crippen LogP contribution >= 0.6 is 0 Å². The predicted molar refractivity (Wildman–Crippen MR) is 451 cm³/mol. The van der Waals surface area contributed by atoms with Crippen molar-refractivity contribution in [1.82, 2.24) is 9.13 Å². The fourth-order valence-electron chi connectivity index (χ4n) is 17.8. The predicted octanol–water partition coefficient (Wildman–Crippen LogP) is 22.0. The van der Waals surface area contributed by atoms with E-state index in [1.165, 1.54) is 115 Å². The number of hydrogen-bond donors (Lipinski definition) is 0. The van der Waals surface area contributed by atoms with Crippen molar-refractivity contribution in [2.75, 3.05) is 9.80 Å². The minimum atomic E-state index is -0.170. The van der Waals surface area contributed by atoms with Gasteiger partial charge in [0.25, 0.3) is 0 Å². The molecule has 106 heavy (non-hydrogen) atoms. The van der Waals surface area contributed by atoms with Crippen LogP contribution in [0.1, 0.15) is 0 Å². The first-order valence-electron chi connectivity index (χ1n) is 36.8. The molecule has 0 N–H and O–H groups in total. The van der Waals surface area contributed by atoms with E-state index in [2.05, 4.69) is 419 Å². The Morgan fingerprint density at radius 1 is 0.179 bits per heavy atom. The number of nitrogens with zero attached hydrogens (tertiary/aromatic N) is 4. The van der Waals surface area contributed by atoms with Gasteiger partial charge in [-0.1, -0.05) is 302 Å². The highest BCUT2D eigenvalue weighted by atomic mass is 15.2. The first kappa shape index (κ1) is 61.0. The van der Waals surface area contributed by atoms with Gasteiger partial charge < -0.3 is 18.9 Å².